The maximum absolute atomic E-state index is 13.1. The van der Waals surface area contributed by atoms with E-state index < -0.39 is 0 Å². The molecule has 1 fully saturated rings. The number of hydrogen-bond donors (Lipinski definition) is 2. The van der Waals surface area contributed by atoms with Crippen molar-refractivity contribution in [2.75, 3.05) is 32.8 Å². The molecule has 2 amide bonds. The highest BCUT2D eigenvalue weighted by molar-refractivity contribution is 5.85. The normalized spacial score (nSPS) is 18.2. The van der Waals surface area contributed by atoms with Crippen molar-refractivity contribution in [2.24, 2.45) is 5.92 Å². The number of rotatable bonds is 7. The fourth-order valence-corrected chi connectivity index (χ4v) is 3.05. The Kier molecular flexibility index (Phi) is 7.53. The van der Waals surface area contributed by atoms with Crippen molar-refractivity contribution in [1.29, 1.82) is 0 Å². The second-order valence-electron chi connectivity index (χ2n) is 6.98. The molecule has 0 saturated carbocycles. The minimum absolute atomic E-state index is 0.000814. The van der Waals surface area contributed by atoms with Crippen LogP contribution in [0.25, 0.3) is 0 Å². The van der Waals surface area contributed by atoms with Gasteiger partial charge in [-0.25, -0.2) is 4.39 Å². The summed E-state index contributed by atoms with van der Waals surface area (Å²) in [5.41, 5.74) is 0.998. The zero-order chi connectivity index (χ0) is 19.1. The van der Waals surface area contributed by atoms with Gasteiger partial charge in [-0.05, 0) is 24.1 Å². The molecule has 0 aliphatic carbocycles. The number of carbonyl (C=O) groups excluding carboxylic acids is 2. The molecule has 0 aromatic heterocycles. The highest BCUT2D eigenvalue weighted by Gasteiger charge is 2.29. The standard InChI is InChI=1S/C19H28FN3O3/c1-14(2)19(26)21-11-18(25)23-9-8-22(17(13-23)7-10-24)12-15-3-5-16(20)6-4-15/h3-6,14,17,24H,7-13H2,1-2H3,(H,21,26)/t17-/m0/s1. The first-order chi connectivity index (χ1) is 12.4. The zero-order valence-corrected chi connectivity index (χ0v) is 15.4. The molecule has 1 aromatic carbocycles. The molecule has 0 bridgehead atoms. The second kappa shape index (κ2) is 9.64. The van der Waals surface area contributed by atoms with E-state index in [9.17, 15) is 19.1 Å². The number of nitrogens with zero attached hydrogens (tertiary/aromatic N) is 2. The van der Waals surface area contributed by atoms with Crippen LogP contribution in [0.1, 0.15) is 25.8 Å². The Morgan fingerprint density at radius 3 is 2.58 bits per heavy atom. The Morgan fingerprint density at radius 2 is 1.96 bits per heavy atom. The smallest absolute Gasteiger partial charge is 0.242 e. The van der Waals surface area contributed by atoms with Gasteiger partial charge in [0, 0.05) is 44.7 Å². The number of hydrogen-bond acceptors (Lipinski definition) is 4. The van der Waals surface area contributed by atoms with Crippen LogP contribution in [-0.2, 0) is 16.1 Å². The van der Waals surface area contributed by atoms with Crippen molar-refractivity contribution in [3.05, 3.63) is 35.6 Å². The van der Waals surface area contributed by atoms with Crippen LogP contribution in [0.2, 0.25) is 0 Å². The number of benzene rings is 1. The summed E-state index contributed by atoms with van der Waals surface area (Å²) >= 11 is 0. The molecule has 144 valence electrons. The summed E-state index contributed by atoms with van der Waals surface area (Å²) in [7, 11) is 0. The molecular formula is C19H28FN3O3. The largest absolute Gasteiger partial charge is 0.396 e. The number of halogens is 1. The van der Waals surface area contributed by atoms with Crippen molar-refractivity contribution in [3.63, 3.8) is 0 Å². The summed E-state index contributed by atoms with van der Waals surface area (Å²) in [4.78, 5) is 27.9. The molecule has 1 atom stereocenters. The molecule has 1 aliphatic heterocycles. The lowest BCUT2D eigenvalue weighted by atomic mass is 10.1. The first-order valence-electron chi connectivity index (χ1n) is 9.05. The summed E-state index contributed by atoms with van der Waals surface area (Å²) < 4.78 is 13.1. The number of amides is 2. The van der Waals surface area contributed by atoms with Gasteiger partial charge in [0.25, 0.3) is 0 Å². The van der Waals surface area contributed by atoms with Gasteiger partial charge in [-0.3, -0.25) is 14.5 Å². The van der Waals surface area contributed by atoms with Gasteiger partial charge >= 0.3 is 0 Å². The van der Waals surface area contributed by atoms with E-state index in [-0.39, 0.29) is 42.7 Å². The van der Waals surface area contributed by atoms with Gasteiger partial charge in [0.05, 0.1) is 6.54 Å². The minimum atomic E-state index is -0.264. The Labute approximate surface area is 154 Å². The quantitative estimate of drug-likeness (QED) is 0.756. The van der Waals surface area contributed by atoms with Crippen molar-refractivity contribution < 1.29 is 19.1 Å². The van der Waals surface area contributed by atoms with E-state index in [1.165, 1.54) is 12.1 Å². The summed E-state index contributed by atoms with van der Waals surface area (Å²) in [6, 6.07) is 6.42. The lowest BCUT2D eigenvalue weighted by molar-refractivity contribution is -0.136. The van der Waals surface area contributed by atoms with Gasteiger partial charge in [0.15, 0.2) is 0 Å². The molecule has 1 aliphatic rings. The van der Waals surface area contributed by atoms with E-state index in [1.807, 2.05) is 0 Å². The van der Waals surface area contributed by atoms with Crippen LogP contribution < -0.4 is 5.32 Å². The van der Waals surface area contributed by atoms with Crippen molar-refractivity contribution >= 4 is 11.8 Å². The van der Waals surface area contributed by atoms with Gasteiger partial charge in [-0.15, -0.1) is 0 Å². The lowest BCUT2D eigenvalue weighted by Crippen LogP contribution is -2.56. The van der Waals surface area contributed by atoms with Crippen LogP contribution in [0, 0.1) is 11.7 Å². The third-order valence-corrected chi connectivity index (χ3v) is 4.66. The minimum Gasteiger partial charge on any atom is -0.396 e. The molecule has 1 heterocycles. The van der Waals surface area contributed by atoms with Gasteiger partial charge < -0.3 is 15.3 Å². The number of nitrogens with one attached hydrogen (secondary N) is 1. The van der Waals surface area contributed by atoms with Crippen LogP contribution in [-0.4, -0.2) is 65.5 Å². The molecule has 0 unspecified atom stereocenters. The topological polar surface area (TPSA) is 72.9 Å². The van der Waals surface area contributed by atoms with Crippen LogP contribution in [0.15, 0.2) is 24.3 Å². The van der Waals surface area contributed by atoms with E-state index >= 15 is 0 Å². The Hall–Kier alpha value is -1.99. The fraction of sp³-hybridized carbons (Fsp3) is 0.579. The van der Waals surface area contributed by atoms with E-state index in [1.54, 1.807) is 30.9 Å². The van der Waals surface area contributed by atoms with Gasteiger partial charge in [0.1, 0.15) is 5.82 Å². The Bertz CT molecular complexity index is 607. The molecule has 7 heteroatoms. The number of aliphatic hydroxyl groups excluding tert-OH is 1. The fourth-order valence-electron chi connectivity index (χ4n) is 3.05. The first kappa shape index (κ1) is 20.3. The zero-order valence-electron chi connectivity index (χ0n) is 15.4. The van der Waals surface area contributed by atoms with Crippen LogP contribution in [0.5, 0.6) is 0 Å². The van der Waals surface area contributed by atoms with E-state index in [4.69, 9.17) is 0 Å². The Morgan fingerprint density at radius 1 is 1.27 bits per heavy atom. The summed E-state index contributed by atoms with van der Waals surface area (Å²) in [5.74, 6) is -0.666. The van der Waals surface area contributed by atoms with Gasteiger partial charge in [0.2, 0.25) is 11.8 Å². The number of carbonyl (C=O) groups is 2. The molecule has 1 saturated heterocycles. The number of aliphatic hydroxyl groups is 1. The van der Waals surface area contributed by atoms with E-state index in [0.29, 0.717) is 32.6 Å². The first-order valence-corrected chi connectivity index (χ1v) is 9.05. The highest BCUT2D eigenvalue weighted by atomic mass is 19.1. The van der Waals surface area contributed by atoms with Crippen LogP contribution >= 0.6 is 0 Å². The van der Waals surface area contributed by atoms with Crippen LogP contribution in [0.3, 0.4) is 0 Å². The Balaban J connectivity index is 1.92. The summed E-state index contributed by atoms with van der Waals surface area (Å²) in [6.07, 6.45) is 0.559. The molecule has 6 nitrogen and oxygen atoms in total. The summed E-state index contributed by atoms with van der Waals surface area (Å²) in [5, 5.41) is 12.0. The second-order valence-corrected chi connectivity index (χ2v) is 6.98. The number of piperazine rings is 1. The molecule has 26 heavy (non-hydrogen) atoms. The lowest BCUT2D eigenvalue weighted by Gasteiger charge is -2.41. The van der Waals surface area contributed by atoms with Crippen molar-refractivity contribution in [1.82, 2.24) is 15.1 Å². The third-order valence-electron chi connectivity index (χ3n) is 4.66. The molecule has 0 spiro atoms. The van der Waals surface area contributed by atoms with Gasteiger partial charge in [-0.1, -0.05) is 26.0 Å². The molecular weight excluding hydrogens is 337 g/mol. The SMILES string of the molecule is CC(C)C(=O)NCC(=O)N1CCN(Cc2ccc(F)cc2)[C@@H](CCO)C1. The maximum Gasteiger partial charge on any atom is 0.242 e. The highest BCUT2D eigenvalue weighted by Crippen LogP contribution is 2.17. The maximum atomic E-state index is 13.1. The average Bonchev–Trinajstić information content (AvgIpc) is 2.62. The molecule has 2 N–H and O–H groups in total. The third kappa shape index (κ3) is 5.78. The molecule has 1 aromatic rings. The predicted molar refractivity (Wildman–Crippen MR) is 96.7 cm³/mol. The van der Waals surface area contributed by atoms with E-state index in [2.05, 4.69) is 10.2 Å². The summed E-state index contributed by atoms with van der Waals surface area (Å²) in [6.45, 7) is 6.01. The van der Waals surface area contributed by atoms with E-state index in [0.717, 1.165) is 5.56 Å². The van der Waals surface area contributed by atoms with Crippen LogP contribution in [0.4, 0.5) is 4.39 Å². The average molecular weight is 365 g/mol. The van der Waals surface area contributed by atoms with Gasteiger partial charge in [-0.2, -0.15) is 0 Å². The monoisotopic (exact) mass is 365 g/mol. The predicted octanol–water partition coefficient (Wildman–Crippen LogP) is 0.993. The molecule has 0 radical (unpaired) electrons. The van der Waals surface area contributed by atoms with Crippen molar-refractivity contribution in [2.45, 2.75) is 32.9 Å². The molecule has 2 rings (SSSR count). The van der Waals surface area contributed by atoms with Crippen molar-refractivity contribution in [3.8, 4) is 0 Å².